The molecule has 0 aliphatic heterocycles. The third kappa shape index (κ3) is 4.87. The summed E-state index contributed by atoms with van der Waals surface area (Å²) in [6.07, 6.45) is 0. The molecular formula is C60H51NO. The Labute approximate surface area is 365 Å². The summed E-state index contributed by atoms with van der Waals surface area (Å²) < 4.78 is 6.66. The van der Waals surface area contributed by atoms with Crippen molar-refractivity contribution >= 4 is 39.0 Å². The molecule has 9 aromatic rings. The first kappa shape index (κ1) is 37.1. The Morgan fingerprint density at radius 2 is 0.984 bits per heavy atom. The van der Waals surface area contributed by atoms with Crippen molar-refractivity contribution in [3.63, 3.8) is 0 Å². The SMILES string of the molecule is CC(C)(C)c1ccc2c(c1)C1(c3ccccc3-c3ccccc31)c1cc(C(C)(C)C)cc(N(c3ccc4c(c3)C(C)(C)c3ccccc3-4)c3cccc4oc5ccccc5c34)c1-2. The minimum atomic E-state index is -0.517. The number of para-hydroxylation sites is 1. The zero-order valence-corrected chi connectivity index (χ0v) is 36.9. The Bertz CT molecular complexity index is 3310. The largest absolute Gasteiger partial charge is 0.456 e. The molecule has 8 aromatic carbocycles. The fourth-order valence-electron chi connectivity index (χ4n) is 11.5. The van der Waals surface area contributed by atoms with Crippen LogP contribution in [0.1, 0.15) is 99.9 Å². The van der Waals surface area contributed by atoms with Crippen molar-refractivity contribution in [3.8, 4) is 33.4 Å². The van der Waals surface area contributed by atoms with Crippen LogP contribution in [-0.2, 0) is 21.7 Å². The number of furan rings is 1. The van der Waals surface area contributed by atoms with Gasteiger partial charge in [0.2, 0.25) is 0 Å². The summed E-state index contributed by atoms with van der Waals surface area (Å²) in [6.45, 7) is 18.9. The summed E-state index contributed by atoms with van der Waals surface area (Å²) >= 11 is 0. The first-order valence-electron chi connectivity index (χ1n) is 22.3. The summed E-state index contributed by atoms with van der Waals surface area (Å²) in [5, 5.41) is 2.24. The molecule has 0 amide bonds. The third-order valence-electron chi connectivity index (χ3n) is 14.6. The quantitative estimate of drug-likeness (QED) is 0.177. The Kier molecular flexibility index (Phi) is 7.48. The van der Waals surface area contributed by atoms with Gasteiger partial charge in [0.1, 0.15) is 11.2 Å². The van der Waals surface area contributed by atoms with E-state index in [4.69, 9.17) is 4.42 Å². The maximum absolute atomic E-state index is 6.66. The van der Waals surface area contributed by atoms with Crippen LogP contribution in [0.3, 0.4) is 0 Å². The molecule has 0 N–H and O–H groups in total. The maximum Gasteiger partial charge on any atom is 0.137 e. The van der Waals surface area contributed by atoms with Crippen molar-refractivity contribution in [2.75, 3.05) is 4.90 Å². The minimum Gasteiger partial charge on any atom is -0.456 e. The average molecular weight is 802 g/mol. The van der Waals surface area contributed by atoms with Crippen molar-refractivity contribution < 1.29 is 4.42 Å². The number of fused-ring (bicyclic) bond motifs is 16. The van der Waals surface area contributed by atoms with Gasteiger partial charge < -0.3 is 9.32 Å². The molecule has 3 aliphatic carbocycles. The highest BCUT2D eigenvalue weighted by molar-refractivity contribution is 6.14. The lowest BCUT2D eigenvalue weighted by Crippen LogP contribution is -2.27. The highest BCUT2D eigenvalue weighted by atomic mass is 16.3. The normalized spacial score (nSPS) is 15.0. The van der Waals surface area contributed by atoms with E-state index in [1.165, 1.54) is 83.6 Å². The molecule has 3 aliphatic rings. The number of nitrogens with zero attached hydrogens (tertiary/aromatic N) is 1. The highest BCUT2D eigenvalue weighted by Gasteiger charge is 2.53. The first-order chi connectivity index (χ1) is 29.8. The van der Waals surface area contributed by atoms with Crippen LogP contribution in [0.15, 0.2) is 168 Å². The minimum absolute atomic E-state index is 0.0408. The van der Waals surface area contributed by atoms with E-state index in [-0.39, 0.29) is 16.2 Å². The molecule has 0 bridgehead atoms. The van der Waals surface area contributed by atoms with Crippen molar-refractivity contribution in [2.24, 2.45) is 0 Å². The van der Waals surface area contributed by atoms with Gasteiger partial charge in [-0.2, -0.15) is 0 Å². The van der Waals surface area contributed by atoms with Gasteiger partial charge >= 0.3 is 0 Å². The summed E-state index contributed by atoms with van der Waals surface area (Å²) in [7, 11) is 0. The van der Waals surface area contributed by atoms with Crippen LogP contribution in [-0.4, -0.2) is 0 Å². The Morgan fingerprint density at radius 1 is 0.419 bits per heavy atom. The molecule has 62 heavy (non-hydrogen) atoms. The third-order valence-corrected chi connectivity index (χ3v) is 14.6. The lowest BCUT2D eigenvalue weighted by atomic mass is 9.68. The fourth-order valence-corrected chi connectivity index (χ4v) is 11.5. The zero-order chi connectivity index (χ0) is 42.5. The van der Waals surface area contributed by atoms with E-state index in [1.807, 2.05) is 0 Å². The van der Waals surface area contributed by atoms with Gasteiger partial charge in [0, 0.05) is 22.1 Å². The Morgan fingerprint density at radius 3 is 1.68 bits per heavy atom. The lowest BCUT2D eigenvalue weighted by Gasteiger charge is -2.35. The van der Waals surface area contributed by atoms with Crippen LogP contribution in [0, 0.1) is 0 Å². The van der Waals surface area contributed by atoms with Crippen molar-refractivity contribution in [2.45, 2.75) is 77.0 Å². The van der Waals surface area contributed by atoms with Gasteiger partial charge in [-0.05, 0) is 120 Å². The smallest absolute Gasteiger partial charge is 0.137 e. The number of benzene rings is 8. The van der Waals surface area contributed by atoms with E-state index >= 15 is 0 Å². The number of anilines is 3. The van der Waals surface area contributed by atoms with E-state index in [2.05, 4.69) is 224 Å². The summed E-state index contributed by atoms with van der Waals surface area (Å²) in [6, 6.07) is 62.2. The predicted octanol–water partition coefficient (Wildman–Crippen LogP) is 16.3. The molecular weight excluding hydrogens is 751 g/mol. The predicted molar refractivity (Wildman–Crippen MR) is 260 cm³/mol. The lowest BCUT2D eigenvalue weighted by molar-refractivity contribution is 0.586. The second kappa shape index (κ2) is 12.5. The van der Waals surface area contributed by atoms with Crippen molar-refractivity contribution in [1.29, 1.82) is 0 Å². The maximum atomic E-state index is 6.66. The topological polar surface area (TPSA) is 16.4 Å². The highest BCUT2D eigenvalue weighted by Crippen LogP contribution is 2.66. The molecule has 0 saturated carbocycles. The molecule has 302 valence electrons. The van der Waals surface area contributed by atoms with E-state index < -0.39 is 5.41 Å². The molecule has 0 unspecified atom stereocenters. The molecule has 12 rings (SSSR count). The van der Waals surface area contributed by atoms with Gasteiger partial charge in [-0.1, -0.05) is 183 Å². The average Bonchev–Trinajstić information content (AvgIpc) is 3.95. The molecule has 0 radical (unpaired) electrons. The number of hydrogen-bond donors (Lipinski definition) is 0. The summed E-state index contributed by atoms with van der Waals surface area (Å²) in [4.78, 5) is 2.59. The van der Waals surface area contributed by atoms with E-state index in [9.17, 15) is 0 Å². The van der Waals surface area contributed by atoms with Crippen LogP contribution in [0.25, 0.3) is 55.3 Å². The van der Waals surface area contributed by atoms with Gasteiger partial charge in [-0.15, -0.1) is 0 Å². The fraction of sp³-hybridized carbons (Fsp3) is 0.200. The van der Waals surface area contributed by atoms with E-state index in [0.717, 1.165) is 33.3 Å². The molecule has 1 heterocycles. The van der Waals surface area contributed by atoms with Crippen molar-refractivity contribution in [1.82, 2.24) is 0 Å². The van der Waals surface area contributed by atoms with Crippen LogP contribution >= 0.6 is 0 Å². The second-order valence-corrected chi connectivity index (χ2v) is 20.5. The van der Waals surface area contributed by atoms with Crippen LogP contribution in [0.2, 0.25) is 0 Å². The molecule has 0 atom stereocenters. The summed E-state index contributed by atoms with van der Waals surface area (Å²) in [5.41, 5.74) is 23.0. The van der Waals surface area contributed by atoms with Gasteiger partial charge in [-0.3, -0.25) is 0 Å². The van der Waals surface area contributed by atoms with E-state index in [1.54, 1.807) is 0 Å². The van der Waals surface area contributed by atoms with Gasteiger partial charge in [0.25, 0.3) is 0 Å². The molecule has 0 saturated heterocycles. The number of hydrogen-bond acceptors (Lipinski definition) is 2. The first-order valence-corrected chi connectivity index (χ1v) is 22.3. The molecule has 2 heteroatoms. The van der Waals surface area contributed by atoms with Crippen LogP contribution in [0.4, 0.5) is 17.1 Å². The molecule has 1 aromatic heterocycles. The van der Waals surface area contributed by atoms with Gasteiger partial charge in [0.15, 0.2) is 0 Å². The Hall–Kier alpha value is -6.64. The standard InChI is InChI=1S/C60H51NO/c1-57(2,3)36-28-30-43-49(32-36)60(46-23-14-10-19-40(46)41-20-11-15-24-47(41)60)50-33-37(58(4,5)6)34-52(55(43)50)61(51-25-17-27-54-56(51)44-21-12-16-26-53(44)62-54)38-29-31-42-39-18-9-13-22-45(39)59(7,8)48(42)35-38/h9-35H,1-8H3. The second-order valence-electron chi connectivity index (χ2n) is 20.5. The van der Waals surface area contributed by atoms with Gasteiger partial charge in [0.05, 0.1) is 22.2 Å². The monoisotopic (exact) mass is 801 g/mol. The molecule has 1 spiro atoms. The molecule has 0 fully saturated rings. The van der Waals surface area contributed by atoms with Crippen LogP contribution in [0.5, 0.6) is 0 Å². The zero-order valence-electron chi connectivity index (χ0n) is 36.9. The van der Waals surface area contributed by atoms with Gasteiger partial charge in [-0.25, -0.2) is 0 Å². The van der Waals surface area contributed by atoms with Crippen molar-refractivity contribution in [3.05, 3.63) is 208 Å². The summed E-state index contributed by atoms with van der Waals surface area (Å²) in [5.74, 6) is 0. The van der Waals surface area contributed by atoms with Crippen LogP contribution < -0.4 is 4.90 Å². The van der Waals surface area contributed by atoms with E-state index in [0.29, 0.717) is 0 Å². The molecule has 2 nitrogen and oxygen atoms in total. The Balaban J connectivity index is 1.26. The number of rotatable bonds is 3.